The highest BCUT2D eigenvalue weighted by molar-refractivity contribution is 9.10. The van der Waals surface area contributed by atoms with Crippen LogP contribution in [0.15, 0.2) is 16.6 Å². The number of aromatic nitrogens is 2. The topological polar surface area (TPSA) is 27.1 Å². The van der Waals surface area contributed by atoms with Gasteiger partial charge in [0, 0.05) is 31.0 Å². The second-order valence-electron chi connectivity index (χ2n) is 5.45. The van der Waals surface area contributed by atoms with Crippen LogP contribution in [0.3, 0.4) is 0 Å². The van der Waals surface area contributed by atoms with Gasteiger partial charge in [0.15, 0.2) is 0 Å². The molecule has 2 heterocycles. The Morgan fingerprint density at radius 2 is 2.33 bits per heavy atom. The Morgan fingerprint density at radius 3 is 3.05 bits per heavy atom. The van der Waals surface area contributed by atoms with Crippen molar-refractivity contribution in [2.45, 2.75) is 38.3 Å². The van der Waals surface area contributed by atoms with Gasteiger partial charge in [-0.15, -0.1) is 11.6 Å². The predicted octanol–water partition coefficient (Wildman–Crippen LogP) is 4.46. The number of hydrogen-bond donors (Lipinski definition) is 0. The lowest BCUT2D eigenvalue weighted by Gasteiger charge is -2.30. The highest BCUT2D eigenvalue weighted by atomic mass is 79.9. The van der Waals surface area contributed by atoms with Gasteiger partial charge in [-0.25, -0.2) is 9.37 Å². The zero-order valence-corrected chi connectivity index (χ0v) is 14.1. The highest BCUT2D eigenvalue weighted by Gasteiger charge is 2.25. The number of nitrogens with zero attached hydrogens (tertiary/aromatic N) is 2. The predicted molar refractivity (Wildman–Crippen MR) is 85.5 cm³/mol. The molecule has 1 aromatic carbocycles. The summed E-state index contributed by atoms with van der Waals surface area (Å²) in [6.07, 6.45) is 2.80. The molecule has 1 aromatic heterocycles. The minimum Gasteiger partial charge on any atom is -0.378 e. The molecule has 3 rings (SSSR count). The molecule has 0 bridgehead atoms. The van der Waals surface area contributed by atoms with Gasteiger partial charge in [0.25, 0.3) is 0 Å². The first-order valence-corrected chi connectivity index (χ1v) is 8.46. The van der Waals surface area contributed by atoms with Gasteiger partial charge in [0.2, 0.25) is 0 Å². The van der Waals surface area contributed by atoms with Gasteiger partial charge < -0.3 is 9.30 Å². The zero-order valence-electron chi connectivity index (χ0n) is 11.8. The molecular formula is C15H17BrClFN2O. The molecule has 0 amide bonds. The molecule has 0 aliphatic carbocycles. The average Bonchev–Trinajstić information content (AvgIpc) is 2.77. The fourth-order valence-electron chi connectivity index (χ4n) is 3.02. The molecule has 1 saturated heterocycles. The summed E-state index contributed by atoms with van der Waals surface area (Å²) in [4.78, 5) is 4.58. The van der Waals surface area contributed by atoms with E-state index in [-0.39, 0.29) is 11.9 Å². The van der Waals surface area contributed by atoms with Crippen LogP contribution < -0.4 is 0 Å². The Labute approximate surface area is 136 Å². The van der Waals surface area contributed by atoms with Crippen LogP contribution in [0, 0.1) is 5.82 Å². The minimum absolute atomic E-state index is 0.231. The van der Waals surface area contributed by atoms with E-state index in [2.05, 4.69) is 32.4 Å². The number of alkyl halides is 1. The molecule has 0 N–H and O–H groups in total. The van der Waals surface area contributed by atoms with Gasteiger partial charge >= 0.3 is 0 Å². The molecule has 1 aliphatic heterocycles. The van der Waals surface area contributed by atoms with Crippen molar-refractivity contribution in [3.8, 4) is 0 Å². The quantitative estimate of drug-likeness (QED) is 0.741. The molecule has 6 heteroatoms. The van der Waals surface area contributed by atoms with Crippen LogP contribution in [-0.2, 0) is 11.2 Å². The van der Waals surface area contributed by atoms with E-state index in [0.29, 0.717) is 28.3 Å². The summed E-state index contributed by atoms with van der Waals surface area (Å²) in [5.41, 5.74) is 1.65. The third-order valence-corrected chi connectivity index (χ3v) is 4.74. The number of aryl methyl sites for hydroxylation is 1. The van der Waals surface area contributed by atoms with Crippen molar-refractivity contribution in [2.75, 3.05) is 12.5 Å². The molecule has 2 unspecified atom stereocenters. The van der Waals surface area contributed by atoms with Crippen molar-refractivity contribution < 1.29 is 9.13 Å². The SMILES string of the molecule is CC1CC(n2c(CCCl)nc3cc(F)c(Br)cc32)CCO1. The van der Waals surface area contributed by atoms with Gasteiger partial charge in [0.05, 0.1) is 21.6 Å². The molecule has 2 atom stereocenters. The lowest BCUT2D eigenvalue weighted by atomic mass is 10.0. The molecule has 21 heavy (non-hydrogen) atoms. The van der Waals surface area contributed by atoms with E-state index in [1.807, 2.05) is 6.07 Å². The third-order valence-electron chi connectivity index (χ3n) is 3.95. The molecule has 114 valence electrons. The summed E-state index contributed by atoms with van der Waals surface area (Å²) >= 11 is 9.17. The van der Waals surface area contributed by atoms with Crippen molar-refractivity contribution in [3.63, 3.8) is 0 Å². The van der Waals surface area contributed by atoms with Crippen LogP contribution in [0.5, 0.6) is 0 Å². The molecule has 0 saturated carbocycles. The molecular weight excluding hydrogens is 359 g/mol. The number of imidazole rings is 1. The summed E-state index contributed by atoms with van der Waals surface area (Å²) < 4.78 is 22.1. The number of fused-ring (bicyclic) bond motifs is 1. The maximum Gasteiger partial charge on any atom is 0.139 e. The van der Waals surface area contributed by atoms with Gasteiger partial charge in [-0.05, 0) is 41.8 Å². The van der Waals surface area contributed by atoms with Crippen molar-refractivity contribution in [1.82, 2.24) is 9.55 Å². The Hall–Kier alpha value is -0.650. The van der Waals surface area contributed by atoms with E-state index in [4.69, 9.17) is 16.3 Å². The van der Waals surface area contributed by atoms with Gasteiger partial charge in [-0.3, -0.25) is 0 Å². The first-order chi connectivity index (χ1) is 10.1. The molecule has 1 fully saturated rings. The average molecular weight is 376 g/mol. The lowest BCUT2D eigenvalue weighted by Crippen LogP contribution is -2.26. The van der Waals surface area contributed by atoms with E-state index in [1.165, 1.54) is 6.07 Å². The summed E-state index contributed by atoms with van der Waals surface area (Å²) in [5.74, 6) is 1.15. The lowest BCUT2D eigenvalue weighted by molar-refractivity contribution is 0.00625. The number of hydrogen-bond acceptors (Lipinski definition) is 2. The fraction of sp³-hybridized carbons (Fsp3) is 0.533. The van der Waals surface area contributed by atoms with Crippen molar-refractivity contribution >= 4 is 38.6 Å². The summed E-state index contributed by atoms with van der Waals surface area (Å²) in [6, 6.07) is 3.63. The number of benzene rings is 1. The van der Waals surface area contributed by atoms with Gasteiger partial charge in [-0.2, -0.15) is 0 Å². The molecule has 2 aromatic rings. The first kappa shape index (κ1) is 15.3. The molecule has 3 nitrogen and oxygen atoms in total. The Bertz CT molecular complexity index is 661. The number of rotatable bonds is 3. The largest absolute Gasteiger partial charge is 0.378 e. The number of halogens is 3. The van der Waals surface area contributed by atoms with Crippen LogP contribution in [0.4, 0.5) is 4.39 Å². The fourth-order valence-corrected chi connectivity index (χ4v) is 3.52. The summed E-state index contributed by atoms with van der Waals surface area (Å²) in [7, 11) is 0. The normalized spacial score (nSPS) is 22.9. The highest BCUT2D eigenvalue weighted by Crippen LogP contribution is 2.32. The van der Waals surface area contributed by atoms with Crippen LogP contribution in [0.2, 0.25) is 0 Å². The van der Waals surface area contributed by atoms with Crippen molar-refractivity contribution in [2.24, 2.45) is 0 Å². The maximum atomic E-state index is 13.7. The van der Waals surface area contributed by atoms with E-state index < -0.39 is 0 Å². The van der Waals surface area contributed by atoms with E-state index in [9.17, 15) is 4.39 Å². The van der Waals surface area contributed by atoms with Crippen molar-refractivity contribution in [1.29, 1.82) is 0 Å². The molecule has 0 radical (unpaired) electrons. The smallest absolute Gasteiger partial charge is 0.139 e. The van der Waals surface area contributed by atoms with Crippen LogP contribution in [0.25, 0.3) is 11.0 Å². The van der Waals surface area contributed by atoms with E-state index in [0.717, 1.165) is 30.8 Å². The van der Waals surface area contributed by atoms with Crippen molar-refractivity contribution in [3.05, 3.63) is 28.2 Å². The second kappa shape index (κ2) is 6.23. The van der Waals surface area contributed by atoms with Gasteiger partial charge in [0.1, 0.15) is 11.6 Å². The van der Waals surface area contributed by atoms with Gasteiger partial charge in [-0.1, -0.05) is 0 Å². The number of ether oxygens (including phenoxy) is 1. The summed E-state index contributed by atoms with van der Waals surface area (Å²) in [6.45, 7) is 2.83. The monoisotopic (exact) mass is 374 g/mol. The van der Waals surface area contributed by atoms with E-state index in [1.54, 1.807) is 0 Å². The Morgan fingerprint density at radius 1 is 1.52 bits per heavy atom. The standard InChI is InChI=1S/C15H17BrClFN2O/c1-9-6-10(3-5-21-9)20-14-7-11(16)12(18)8-13(14)19-15(20)2-4-17/h7-10H,2-6H2,1H3. The Balaban J connectivity index is 2.12. The van der Waals surface area contributed by atoms with Crippen LogP contribution in [-0.4, -0.2) is 28.1 Å². The molecule has 1 aliphatic rings. The van der Waals surface area contributed by atoms with E-state index >= 15 is 0 Å². The maximum absolute atomic E-state index is 13.7. The van der Waals surface area contributed by atoms with Crippen LogP contribution in [0.1, 0.15) is 31.6 Å². The zero-order chi connectivity index (χ0) is 15.0. The second-order valence-corrected chi connectivity index (χ2v) is 6.68. The minimum atomic E-state index is -0.287. The Kier molecular flexibility index (Phi) is 4.52. The first-order valence-electron chi connectivity index (χ1n) is 7.13. The van der Waals surface area contributed by atoms with Crippen LogP contribution >= 0.6 is 27.5 Å². The summed E-state index contributed by atoms with van der Waals surface area (Å²) in [5, 5.41) is 0. The molecule has 0 spiro atoms. The third kappa shape index (κ3) is 2.96.